The van der Waals surface area contributed by atoms with Crippen LogP contribution < -0.4 is 0 Å². The van der Waals surface area contributed by atoms with Gasteiger partial charge in [0.1, 0.15) is 6.10 Å². The summed E-state index contributed by atoms with van der Waals surface area (Å²) >= 11 is 0. The Morgan fingerprint density at radius 2 is 1.71 bits per heavy atom. The molecule has 0 aliphatic rings. The van der Waals surface area contributed by atoms with Crippen molar-refractivity contribution in [2.45, 2.75) is 13.0 Å². The Balaban J connectivity index is 2.34. The molecule has 2 heteroatoms. The van der Waals surface area contributed by atoms with Crippen molar-refractivity contribution in [2.24, 2.45) is 0 Å². The summed E-state index contributed by atoms with van der Waals surface area (Å²) in [7, 11) is 0. The molecule has 0 aliphatic heterocycles. The standard InChI is InChI=1S/C15H13NO/c1-11-4-2-3-5-14(11)15(17)13-8-6-12(10-16)7-9-13/h2-9,15,17H,1H3/t15-/m0/s1. The first-order valence-electron chi connectivity index (χ1n) is 5.46. The fourth-order valence-electron chi connectivity index (χ4n) is 1.81. The summed E-state index contributed by atoms with van der Waals surface area (Å²) < 4.78 is 0. The summed E-state index contributed by atoms with van der Waals surface area (Å²) in [5.74, 6) is 0. The number of nitrogens with zero attached hydrogens (tertiary/aromatic N) is 1. The highest BCUT2D eigenvalue weighted by Gasteiger charge is 2.11. The Morgan fingerprint density at radius 3 is 2.29 bits per heavy atom. The maximum absolute atomic E-state index is 10.3. The van der Waals surface area contributed by atoms with Crippen LogP contribution >= 0.6 is 0 Å². The highest BCUT2D eigenvalue weighted by atomic mass is 16.3. The number of aryl methyl sites for hydroxylation is 1. The van der Waals surface area contributed by atoms with Crippen LogP contribution in [0.25, 0.3) is 0 Å². The topological polar surface area (TPSA) is 44.0 Å². The van der Waals surface area contributed by atoms with Gasteiger partial charge in [-0.15, -0.1) is 0 Å². The van der Waals surface area contributed by atoms with E-state index < -0.39 is 6.10 Å². The van der Waals surface area contributed by atoms with E-state index in [9.17, 15) is 5.11 Å². The predicted molar refractivity (Wildman–Crippen MR) is 66.4 cm³/mol. The van der Waals surface area contributed by atoms with Gasteiger partial charge < -0.3 is 5.11 Å². The van der Waals surface area contributed by atoms with Crippen molar-refractivity contribution in [2.75, 3.05) is 0 Å². The molecular formula is C15H13NO. The molecule has 0 amide bonds. The van der Waals surface area contributed by atoms with Crippen LogP contribution in [0.5, 0.6) is 0 Å². The van der Waals surface area contributed by atoms with Crippen LogP contribution in [0, 0.1) is 18.3 Å². The van der Waals surface area contributed by atoms with Gasteiger partial charge >= 0.3 is 0 Å². The quantitative estimate of drug-likeness (QED) is 0.850. The van der Waals surface area contributed by atoms with Gasteiger partial charge in [0.15, 0.2) is 0 Å². The Morgan fingerprint density at radius 1 is 1.06 bits per heavy atom. The van der Waals surface area contributed by atoms with E-state index in [1.165, 1.54) is 0 Å². The highest BCUT2D eigenvalue weighted by molar-refractivity contribution is 5.38. The third kappa shape index (κ3) is 2.35. The molecule has 1 atom stereocenters. The number of hydrogen-bond acceptors (Lipinski definition) is 2. The maximum Gasteiger partial charge on any atom is 0.104 e. The number of nitriles is 1. The van der Waals surface area contributed by atoms with Crippen LogP contribution in [0.1, 0.15) is 28.4 Å². The van der Waals surface area contributed by atoms with Crippen LogP contribution in [0.2, 0.25) is 0 Å². The van der Waals surface area contributed by atoms with Crippen molar-refractivity contribution in [3.8, 4) is 6.07 Å². The minimum absolute atomic E-state index is 0.603. The molecule has 84 valence electrons. The zero-order chi connectivity index (χ0) is 12.3. The average Bonchev–Trinajstić information content (AvgIpc) is 2.39. The Bertz CT molecular complexity index is 552. The van der Waals surface area contributed by atoms with Gasteiger partial charge in [-0.1, -0.05) is 36.4 Å². The molecule has 0 radical (unpaired) electrons. The van der Waals surface area contributed by atoms with Crippen LogP contribution in [0.15, 0.2) is 48.5 Å². The maximum atomic E-state index is 10.3. The van der Waals surface area contributed by atoms with Gasteiger partial charge in [-0.3, -0.25) is 0 Å². The van der Waals surface area contributed by atoms with Gasteiger partial charge in [0.25, 0.3) is 0 Å². The molecule has 2 aromatic rings. The van der Waals surface area contributed by atoms with E-state index in [0.29, 0.717) is 5.56 Å². The van der Waals surface area contributed by atoms with Crippen molar-refractivity contribution < 1.29 is 5.11 Å². The number of benzene rings is 2. The van der Waals surface area contributed by atoms with Gasteiger partial charge in [0.2, 0.25) is 0 Å². The van der Waals surface area contributed by atoms with Gasteiger partial charge in [0, 0.05) is 0 Å². The van der Waals surface area contributed by atoms with E-state index in [2.05, 4.69) is 6.07 Å². The van der Waals surface area contributed by atoms with E-state index in [4.69, 9.17) is 5.26 Å². The van der Waals surface area contributed by atoms with Crippen molar-refractivity contribution >= 4 is 0 Å². The van der Waals surface area contributed by atoms with Gasteiger partial charge in [-0.25, -0.2) is 0 Å². The van der Waals surface area contributed by atoms with E-state index in [0.717, 1.165) is 16.7 Å². The molecule has 2 nitrogen and oxygen atoms in total. The lowest BCUT2D eigenvalue weighted by Gasteiger charge is -2.13. The van der Waals surface area contributed by atoms with Crippen molar-refractivity contribution in [3.05, 3.63) is 70.8 Å². The summed E-state index contributed by atoms with van der Waals surface area (Å²) in [4.78, 5) is 0. The second-order valence-electron chi connectivity index (χ2n) is 3.99. The minimum atomic E-state index is -0.635. The summed E-state index contributed by atoms with van der Waals surface area (Å²) in [6.45, 7) is 1.97. The third-order valence-electron chi connectivity index (χ3n) is 2.84. The molecule has 2 rings (SSSR count). The largest absolute Gasteiger partial charge is 0.384 e. The lowest BCUT2D eigenvalue weighted by Crippen LogP contribution is -2.01. The molecule has 0 spiro atoms. The molecule has 0 saturated carbocycles. The molecule has 0 fully saturated rings. The molecule has 0 bridgehead atoms. The first kappa shape index (κ1) is 11.4. The monoisotopic (exact) mass is 223 g/mol. The van der Waals surface area contributed by atoms with Gasteiger partial charge in [-0.2, -0.15) is 5.26 Å². The second-order valence-corrected chi connectivity index (χ2v) is 3.99. The van der Waals surface area contributed by atoms with Crippen LogP contribution in [0.3, 0.4) is 0 Å². The number of aliphatic hydroxyl groups excluding tert-OH is 1. The molecule has 0 saturated heterocycles. The first-order valence-corrected chi connectivity index (χ1v) is 5.46. The van der Waals surface area contributed by atoms with E-state index >= 15 is 0 Å². The van der Waals surface area contributed by atoms with Gasteiger partial charge in [0.05, 0.1) is 11.6 Å². The molecule has 1 N–H and O–H groups in total. The summed E-state index contributed by atoms with van der Waals surface area (Å²) in [5.41, 5.74) is 3.37. The predicted octanol–water partition coefficient (Wildman–Crippen LogP) is 2.95. The van der Waals surface area contributed by atoms with Crippen LogP contribution in [-0.2, 0) is 0 Å². The number of aliphatic hydroxyl groups is 1. The zero-order valence-corrected chi connectivity index (χ0v) is 9.59. The molecule has 0 aromatic heterocycles. The Kier molecular flexibility index (Phi) is 3.22. The molecule has 2 aromatic carbocycles. The molecule has 17 heavy (non-hydrogen) atoms. The highest BCUT2D eigenvalue weighted by Crippen LogP contribution is 2.24. The zero-order valence-electron chi connectivity index (χ0n) is 9.59. The molecular weight excluding hydrogens is 210 g/mol. The van der Waals surface area contributed by atoms with E-state index in [-0.39, 0.29) is 0 Å². The fraction of sp³-hybridized carbons (Fsp3) is 0.133. The first-order chi connectivity index (χ1) is 8.22. The molecule has 0 aliphatic carbocycles. The van der Waals surface area contributed by atoms with Crippen LogP contribution in [0.4, 0.5) is 0 Å². The lowest BCUT2D eigenvalue weighted by molar-refractivity contribution is 0.219. The average molecular weight is 223 g/mol. The number of rotatable bonds is 2. The van der Waals surface area contributed by atoms with Crippen molar-refractivity contribution in [1.29, 1.82) is 5.26 Å². The molecule has 0 heterocycles. The lowest BCUT2D eigenvalue weighted by atomic mass is 9.97. The molecule has 0 unspecified atom stereocenters. The number of hydrogen-bond donors (Lipinski definition) is 1. The van der Waals surface area contributed by atoms with E-state index in [1.54, 1.807) is 24.3 Å². The second kappa shape index (κ2) is 4.82. The smallest absolute Gasteiger partial charge is 0.104 e. The summed E-state index contributed by atoms with van der Waals surface area (Å²) in [5, 5.41) is 19.0. The van der Waals surface area contributed by atoms with Crippen molar-refractivity contribution in [3.63, 3.8) is 0 Å². The minimum Gasteiger partial charge on any atom is -0.384 e. The van der Waals surface area contributed by atoms with E-state index in [1.807, 2.05) is 31.2 Å². The normalized spacial score (nSPS) is 11.8. The summed E-state index contributed by atoms with van der Waals surface area (Å²) in [6.07, 6.45) is -0.635. The van der Waals surface area contributed by atoms with Crippen molar-refractivity contribution in [1.82, 2.24) is 0 Å². The fourth-order valence-corrected chi connectivity index (χ4v) is 1.81. The summed E-state index contributed by atoms with van der Waals surface area (Å²) in [6, 6.07) is 16.8. The Hall–Kier alpha value is -2.11. The Labute approximate surface area is 101 Å². The van der Waals surface area contributed by atoms with Gasteiger partial charge in [-0.05, 0) is 35.7 Å². The van der Waals surface area contributed by atoms with Crippen LogP contribution in [-0.4, -0.2) is 5.11 Å². The SMILES string of the molecule is Cc1ccccc1[C@@H](O)c1ccc(C#N)cc1. The third-order valence-corrected chi connectivity index (χ3v) is 2.84.